The van der Waals surface area contributed by atoms with Crippen LogP contribution in [-0.2, 0) is 6.13 Å². The molecule has 4 heteroatoms. The van der Waals surface area contributed by atoms with Gasteiger partial charge < -0.3 is 0 Å². The molecule has 1 aliphatic carbocycles. The summed E-state index contributed by atoms with van der Waals surface area (Å²) < 4.78 is 10.8. The van der Waals surface area contributed by atoms with Crippen LogP contribution in [0.4, 0.5) is 0 Å². The number of halogens is 1. The molecule has 1 saturated carbocycles. The molecule has 1 aliphatic heterocycles. The van der Waals surface area contributed by atoms with Crippen LogP contribution in [0, 0.1) is 0 Å². The third kappa shape index (κ3) is 1.17. The predicted molar refractivity (Wildman–Crippen MR) is 29.4 cm³/mol. The van der Waals surface area contributed by atoms with E-state index < -0.39 is 0 Å². The predicted octanol–water partition coefficient (Wildman–Crippen LogP) is -2.42. The third-order valence-corrected chi connectivity index (χ3v) is 4.03. The van der Waals surface area contributed by atoms with Gasteiger partial charge in [0.05, 0.1) is 0 Å². The molecule has 1 heterocycles. The van der Waals surface area contributed by atoms with E-state index in [1.807, 2.05) is 0 Å². The molecule has 10 heavy (non-hydrogen) atoms. The van der Waals surface area contributed by atoms with Crippen LogP contribution in [0.2, 0.25) is 0 Å². The summed E-state index contributed by atoms with van der Waals surface area (Å²) in [5.41, 5.74) is 0. The number of hydrogen-bond donors (Lipinski definition) is 1. The van der Waals surface area contributed by atoms with Gasteiger partial charge in [-0.15, -0.1) is 0 Å². The minimum absolute atomic E-state index is 0.114. The van der Waals surface area contributed by atoms with Crippen LogP contribution in [0.15, 0.2) is 0 Å². The Kier molecular flexibility index (Phi) is 1.88. The number of aliphatic hydroxyl groups excluding tert-OH is 1. The van der Waals surface area contributed by atoms with Crippen molar-refractivity contribution in [3.8, 4) is 0 Å². The zero-order valence-corrected chi connectivity index (χ0v) is 7.70. The monoisotopic (exact) mass is 257 g/mol. The van der Waals surface area contributed by atoms with Gasteiger partial charge in [0.2, 0.25) is 0 Å². The van der Waals surface area contributed by atoms with Crippen molar-refractivity contribution in [2.75, 3.05) is 0 Å². The molecule has 2 fully saturated rings. The van der Waals surface area contributed by atoms with E-state index in [-0.39, 0.29) is 33.9 Å². The Bertz CT molecular complexity index is 125. The molecule has 0 aromatic rings. The first-order valence-electron chi connectivity index (χ1n) is 3.50. The molecule has 3 nitrogen and oxygen atoms in total. The summed E-state index contributed by atoms with van der Waals surface area (Å²) in [6.45, 7) is 0. The zero-order chi connectivity index (χ0) is 7.03. The Morgan fingerprint density at radius 1 is 1.30 bits per heavy atom. The molecule has 0 aromatic carbocycles. The van der Waals surface area contributed by atoms with Gasteiger partial charge in [0.1, 0.15) is 0 Å². The molecule has 0 radical (unpaired) electrons. The average Bonchev–Trinajstić information content (AvgIpc) is 1.86. The van der Waals surface area contributed by atoms with Gasteiger partial charge in [-0.2, -0.15) is 0 Å². The number of hydrogen-bond acceptors (Lipinski definition) is 3. The number of rotatable bonds is 0. The van der Waals surface area contributed by atoms with Crippen LogP contribution < -0.4 is 22.0 Å². The Balaban J connectivity index is 1.90. The first kappa shape index (κ1) is 7.27. The normalized spacial score (nSPS) is 32.9. The van der Waals surface area contributed by atoms with Crippen molar-refractivity contribution in [2.45, 2.75) is 37.6 Å². The van der Waals surface area contributed by atoms with E-state index >= 15 is 0 Å². The van der Waals surface area contributed by atoms with Crippen LogP contribution in [0.5, 0.6) is 0 Å². The van der Waals surface area contributed by atoms with Crippen molar-refractivity contribution < 1.29 is 33.3 Å². The Morgan fingerprint density at radius 2 is 1.90 bits per heavy atom. The Hall–Kier alpha value is 0.610. The maximum absolute atomic E-state index is 9.16. The van der Waals surface area contributed by atoms with Crippen LogP contribution in [0.25, 0.3) is 0 Å². The minimum atomic E-state index is -0.380. The van der Waals surface area contributed by atoms with Gasteiger partial charge in [-0.25, -0.2) is 0 Å². The zero-order valence-electron chi connectivity index (χ0n) is 5.55. The molecule has 60 valence electrons. The molecule has 0 aromatic heterocycles. The summed E-state index contributed by atoms with van der Waals surface area (Å²) in [6, 6.07) is 0. The molecule has 1 N–H and O–H groups in total. The van der Waals surface area contributed by atoms with Crippen molar-refractivity contribution in [1.82, 2.24) is 0 Å². The summed E-state index contributed by atoms with van der Waals surface area (Å²) in [7, 11) is 0. The van der Waals surface area contributed by atoms with Gasteiger partial charge in [0.25, 0.3) is 0 Å². The fourth-order valence-electron chi connectivity index (χ4n) is 1.32. The summed E-state index contributed by atoms with van der Waals surface area (Å²) in [6.07, 6.45) is 3.33. The van der Waals surface area contributed by atoms with Crippen LogP contribution in [-0.4, -0.2) is 17.0 Å². The van der Waals surface area contributed by atoms with Gasteiger partial charge in [0.15, 0.2) is 0 Å². The van der Waals surface area contributed by atoms with E-state index in [4.69, 9.17) is 11.2 Å². The standard InChI is InChI=1S/C6H10IO3/c8-5-1-3-6(4-2-5)9-7-10-6/h5,8H,1-4H2/q-1. The molecule has 0 bridgehead atoms. The SMILES string of the molecule is OC1CCC2(CC1)O[I-]O2. The molecule has 2 aliphatic rings. The Morgan fingerprint density at radius 3 is 2.30 bits per heavy atom. The van der Waals surface area contributed by atoms with Crippen molar-refractivity contribution in [3.05, 3.63) is 0 Å². The molecule has 0 unspecified atom stereocenters. The van der Waals surface area contributed by atoms with E-state index in [9.17, 15) is 0 Å². The molecule has 2 rings (SSSR count). The first-order valence-corrected chi connectivity index (χ1v) is 5.26. The molecular formula is C6H10IO3-. The van der Waals surface area contributed by atoms with Gasteiger partial charge >= 0.3 is 70.8 Å². The molecule has 1 saturated heterocycles. The van der Waals surface area contributed by atoms with E-state index in [1.54, 1.807) is 0 Å². The van der Waals surface area contributed by atoms with Gasteiger partial charge in [-0.1, -0.05) is 0 Å². The van der Waals surface area contributed by atoms with Gasteiger partial charge in [-0.05, 0) is 0 Å². The van der Waals surface area contributed by atoms with Crippen LogP contribution in [0.1, 0.15) is 25.7 Å². The van der Waals surface area contributed by atoms with Crippen molar-refractivity contribution >= 4 is 0 Å². The van der Waals surface area contributed by atoms with Gasteiger partial charge in [-0.3, -0.25) is 0 Å². The van der Waals surface area contributed by atoms with Crippen LogP contribution in [0.3, 0.4) is 0 Å². The topological polar surface area (TPSA) is 38.7 Å². The van der Waals surface area contributed by atoms with E-state index in [0.29, 0.717) is 0 Å². The quantitative estimate of drug-likeness (QED) is 0.491. The molecule has 0 amide bonds. The second kappa shape index (κ2) is 2.58. The number of aliphatic hydroxyl groups is 1. The first-order chi connectivity index (χ1) is 4.81. The second-order valence-electron chi connectivity index (χ2n) is 2.86. The van der Waals surface area contributed by atoms with E-state index in [2.05, 4.69) is 0 Å². The molecule has 1 spiro atoms. The summed E-state index contributed by atoms with van der Waals surface area (Å²) >= 11 is -0.380. The molecule has 0 atom stereocenters. The Labute approximate surface area is 71.1 Å². The van der Waals surface area contributed by atoms with E-state index in [1.165, 1.54) is 0 Å². The average molecular weight is 257 g/mol. The summed E-state index contributed by atoms with van der Waals surface area (Å²) in [5, 5.41) is 9.16. The van der Waals surface area contributed by atoms with E-state index in [0.717, 1.165) is 25.7 Å². The van der Waals surface area contributed by atoms with Gasteiger partial charge in [0, 0.05) is 0 Å². The summed E-state index contributed by atoms with van der Waals surface area (Å²) in [5.74, 6) is -0.230. The maximum atomic E-state index is 9.16. The summed E-state index contributed by atoms with van der Waals surface area (Å²) in [4.78, 5) is 0. The fourth-order valence-corrected chi connectivity index (χ4v) is 2.89. The second-order valence-corrected chi connectivity index (χ2v) is 4.10. The fraction of sp³-hybridized carbons (Fsp3) is 1.00. The molecular weight excluding hydrogens is 247 g/mol. The van der Waals surface area contributed by atoms with Crippen molar-refractivity contribution in [3.63, 3.8) is 0 Å². The third-order valence-electron chi connectivity index (χ3n) is 2.06. The van der Waals surface area contributed by atoms with Crippen molar-refractivity contribution in [1.29, 1.82) is 0 Å². The van der Waals surface area contributed by atoms with Crippen LogP contribution >= 0.6 is 0 Å². The van der Waals surface area contributed by atoms with Crippen molar-refractivity contribution in [2.24, 2.45) is 0 Å².